The van der Waals surface area contributed by atoms with Gasteiger partial charge in [-0.1, -0.05) is 0 Å². The Bertz CT molecular complexity index is 206. The van der Waals surface area contributed by atoms with Gasteiger partial charge in [-0.3, -0.25) is 4.79 Å². The first-order valence-corrected chi connectivity index (χ1v) is 5.95. The molecule has 0 aromatic heterocycles. The van der Waals surface area contributed by atoms with E-state index in [0.29, 0.717) is 11.2 Å². The molecule has 0 radical (unpaired) electrons. The topological polar surface area (TPSA) is 29.5 Å². The van der Waals surface area contributed by atoms with Gasteiger partial charge in [-0.05, 0) is 13.8 Å². The van der Waals surface area contributed by atoms with Gasteiger partial charge in [0.25, 0.3) is 0 Å². The minimum Gasteiger partial charge on any atom is -0.469 e. The maximum atomic E-state index is 11.0. The van der Waals surface area contributed by atoms with Gasteiger partial charge in [0.2, 0.25) is 0 Å². The number of carbonyl (C=O) groups excluding carboxylic acids is 1. The molecule has 1 fully saturated rings. The van der Waals surface area contributed by atoms with Crippen molar-refractivity contribution in [3.8, 4) is 0 Å². The van der Waals surface area contributed by atoms with E-state index in [1.54, 1.807) is 0 Å². The van der Waals surface area contributed by atoms with Crippen LogP contribution >= 0.6 is 11.8 Å². The van der Waals surface area contributed by atoms with Crippen LogP contribution in [0.5, 0.6) is 0 Å². The molecule has 0 amide bonds. The fourth-order valence-corrected chi connectivity index (χ4v) is 2.83. The SMILES string of the molecule is COC(=O)CCN1CCSC(C)(C)C1. The number of methoxy groups -OCH3 is 1. The second kappa shape index (κ2) is 5.03. The zero-order chi connectivity index (χ0) is 10.6. The average molecular weight is 217 g/mol. The Morgan fingerprint density at radius 2 is 2.29 bits per heavy atom. The largest absolute Gasteiger partial charge is 0.469 e. The van der Waals surface area contributed by atoms with E-state index in [2.05, 4.69) is 23.5 Å². The van der Waals surface area contributed by atoms with Crippen molar-refractivity contribution < 1.29 is 9.53 Å². The van der Waals surface area contributed by atoms with Crippen LogP contribution < -0.4 is 0 Å². The van der Waals surface area contributed by atoms with Crippen LogP contribution in [0, 0.1) is 0 Å². The van der Waals surface area contributed by atoms with E-state index >= 15 is 0 Å². The molecular formula is C10H19NO2S. The van der Waals surface area contributed by atoms with Crippen molar-refractivity contribution in [2.24, 2.45) is 0 Å². The summed E-state index contributed by atoms with van der Waals surface area (Å²) in [5.41, 5.74) is 0. The molecule has 0 aromatic rings. The molecule has 1 saturated heterocycles. The summed E-state index contributed by atoms with van der Waals surface area (Å²) >= 11 is 2.01. The second-order valence-corrected chi connectivity index (χ2v) is 6.01. The number of hydrogen-bond donors (Lipinski definition) is 0. The summed E-state index contributed by atoms with van der Waals surface area (Å²) in [6.07, 6.45) is 0.511. The Labute approximate surface area is 90.2 Å². The highest BCUT2D eigenvalue weighted by Gasteiger charge is 2.26. The smallest absolute Gasteiger partial charge is 0.306 e. The summed E-state index contributed by atoms with van der Waals surface area (Å²) in [5.74, 6) is 1.05. The zero-order valence-electron chi connectivity index (χ0n) is 9.21. The molecule has 1 rings (SSSR count). The monoisotopic (exact) mass is 217 g/mol. The molecule has 0 spiro atoms. The molecule has 0 N–H and O–H groups in total. The normalized spacial score (nSPS) is 21.9. The average Bonchev–Trinajstić information content (AvgIpc) is 2.12. The van der Waals surface area contributed by atoms with Crippen molar-refractivity contribution in [1.29, 1.82) is 0 Å². The summed E-state index contributed by atoms with van der Waals surface area (Å²) in [5, 5.41) is 0. The van der Waals surface area contributed by atoms with E-state index < -0.39 is 0 Å². The van der Waals surface area contributed by atoms with Crippen LogP contribution in [0.15, 0.2) is 0 Å². The van der Waals surface area contributed by atoms with Gasteiger partial charge in [0.05, 0.1) is 13.5 Å². The molecule has 0 bridgehead atoms. The third-order valence-electron chi connectivity index (χ3n) is 2.36. The molecule has 3 nitrogen and oxygen atoms in total. The zero-order valence-corrected chi connectivity index (χ0v) is 10.0. The lowest BCUT2D eigenvalue weighted by molar-refractivity contribution is -0.141. The van der Waals surface area contributed by atoms with Crippen LogP contribution in [0.25, 0.3) is 0 Å². The van der Waals surface area contributed by atoms with Crippen LogP contribution in [-0.2, 0) is 9.53 Å². The van der Waals surface area contributed by atoms with Gasteiger partial charge in [0, 0.05) is 30.1 Å². The Hall–Kier alpha value is -0.220. The second-order valence-electron chi connectivity index (χ2n) is 4.21. The molecule has 1 heterocycles. The quantitative estimate of drug-likeness (QED) is 0.668. The van der Waals surface area contributed by atoms with Crippen LogP contribution in [0.4, 0.5) is 0 Å². The van der Waals surface area contributed by atoms with Crippen molar-refractivity contribution in [2.75, 3.05) is 32.5 Å². The number of thioether (sulfide) groups is 1. The maximum absolute atomic E-state index is 11.0. The molecular weight excluding hydrogens is 198 g/mol. The number of ether oxygens (including phenoxy) is 1. The van der Waals surface area contributed by atoms with Gasteiger partial charge >= 0.3 is 5.97 Å². The Kier molecular flexibility index (Phi) is 4.26. The van der Waals surface area contributed by atoms with E-state index in [0.717, 1.165) is 25.4 Å². The van der Waals surface area contributed by atoms with Crippen LogP contribution in [0.1, 0.15) is 20.3 Å². The molecule has 0 saturated carbocycles. The van der Waals surface area contributed by atoms with Gasteiger partial charge in [-0.25, -0.2) is 0 Å². The lowest BCUT2D eigenvalue weighted by atomic mass is 10.2. The molecule has 0 unspecified atom stereocenters. The molecule has 1 aliphatic rings. The Morgan fingerprint density at radius 1 is 1.57 bits per heavy atom. The molecule has 0 aromatic carbocycles. The Balaban J connectivity index is 2.28. The minimum atomic E-state index is -0.110. The number of rotatable bonds is 3. The highest BCUT2D eigenvalue weighted by molar-refractivity contribution is 8.00. The minimum absolute atomic E-state index is 0.110. The van der Waals surface area contributed by atoms with E-state index in [1.165, 1.54) is 7.11 Å². The van der Waals surface area contributed by atoms with E-state index in [1.807, 2.05) is 11.8 Å². The Morgan fingerprint density at radius 3 is 2.86 bits per heavy atom. The van der Waals surface area contributed by atoms with Gasteiger partial charge in [-0.2, -0.15) is 11.8 Å². The molecule has 82 valence electrons. The predicted molar refractivity (Wildman–Crippen MR) is 59.6 cm³/mol. The summed E-state index contributed by atoms with van der Waals surface area (Å²) in [4.78, 5) is 13.3. The van der Waals surface area contributed by atoms with E-state index in [-0.39, 0.29) is 5.97 Å². The summed E-state index contributed by atoms with van der Waals surface area (Å²) < 4.78 is 4.95. The standard InChI is InChI=1S/C10H19NO2S/c1-10(2)8-11(6-7-14-10)5-4-9(12)13-3/h4-8H2,1-3H3. The fraction of sp³-hybridized carbons (Fsp3) is 0.900. The molecule has 1 aliphatic heterocycles. The first-order valence-electron chi connectivity index (χ1n) is 4.97. The van der Waals surface area contributed by atoms with Crippen LogP contribution in [-0.4, -0.2) is 48.1 Å². The van der Waals surface area contributed by atoms with Crippen LogP contribution in [0.3, 0.4) is 0 Å². The van der Waals surface area contributed by atoms with Crippen molar-refractivity contribution in [2.45, 2.75) is 25.0 Å². The number of hydrogen-bond acceptors (Lipinski definition) is 4. The molecule has 0 atom stereocenters. The van der Waals surface area contributed by atoms with Gasteiger partial charge in [-0.15, -0.1) is 0 Å². The number of carbonyl (C=O) groups is 1. The predicted octanol–water partition coefficient (Wildman–Crippen LogP) is 1.38. The molecule has 14 heavy (non-hydrogen) atoms. The van der Waals surface area contributed by atoms with Crippen molar-refractivity contribution in [3.05, 3.63) is 0 Å². The molecule has 0 aliphatic carbocycles. The fourth-order valence-electron chi connectivity index (χ4n) is 1.66. The number of nitrogens with zero attached hydrogens (tertiary/aromatic N) is 1. The first-order chi connectivity index (χ1) is 6.53. The lowest BCUT2D eigenvalue weighted by Gasteiger charge is -2.37. The van der Waals surface area contributed by atoms with Gasteiger partial charge in [0.15, 0.2) is 0 Å². The third-order valence-corrected chi connectivity index (χ3v) is 3.66. The summed E-state index contributed by atoms with van der Waals surface area (Å²) in [6.45, 7) is 7.49. The third kappa shape index (κ3) is 3.88. The van der Waals surface area contributed by atoms with Crippen LogP contribution in [0.2, 0.25) is 0 Å². The summed E-state index contributed by atoms with van der Waals surface area (Å²) in [6, 6.07) is 0. The van der Waals surface area contributed by atoms with E-state index in [4.69, 9.17) is 0 Å². The van der Waals surface area contributed by atoms with E-state index in [9.17, 15) is 4.79 Å². The van der Waals surface area contributed by atoms with Crippen molar-refractivity contribution in [3.63, 3.8) is 0 Å². The van der Waals surface area contributed by atoms with Gasteiger partial charge in [0.1, 0.15) is 0 Å². The highest BCUT2D eigenvalue weighted by atomic mass is 32.2. The van der Waals surface area contributed by atoms with Gasteiger partial charge < -0.3 is 9.64 Å². The lowest BCUT2D eigenvalue weighted by Crippen LogP contribution is -2.43. The highest BCUT2D eigenvalue weighted by Crippen LogP contribution is 2.29. The summed E-state index contributed by atoms with van der Waals surface area (Å²) in [7, 11) is 1.44. The molecule has 4 heteroatoms. The number of esters is 1. The maximum Gasteiger partial charge on any atom is 0.306 e. The first kappa shape index (κ1) is 11.9. The van der Waals surface area contributed by atoms with Crippen molar-refractivity contribution >= 4 is 17.7 Å². The van der Waals surface area contributed by atoms with Crippen molar-refractivity contribution in [1.82, 2.24) is 4.90 Å².